The number of nitrogens with two attached hydrogens (primary N) is 1. The van der Waals surface area contributed by atoms with E-state index in [0.717, 1.165) is 0 Å². The Kier molecular flexibility index (Phi) is 3.70. The van der Waals surface area contributed by atoms with E-state index in [1.807, 2.05) is 4.90 Å². The number of rotatable bonds is 3. The fourth-order valence-electron chi connectivity index (χ4n) is 2.32. The molecule has 2 unspecified atom stereocenters. The molecule has 100 valence electrons. The lowest BCUT2D eigenvalue weighted by atomic mass is 10.1. The third kappa shape index (κ3) is 2.88. The number of likely N-dealkylation sites (N-methyl/N-ethyl adjacent to an activating group) is 1. The Bertz CT molecular complexity index is 533. The van der Waals surface area contributed by atoms with Gasteiger partial charge in [0.25, 0.3) is 0 Å². The monoisotopic (exact) mass is 272 g/mol. The van der Waals surface area contributed by atoms with Gasteiger partial charge in [-0.15, -0.1) is 0 Å². The molecule has 1 saturated heterocycles. The molecule has 2 atom stereocenters. The normalized spacial score (nSPS) is 26.7. The quantitative estimate of drug-likeness (QED) is 0.864. The molecule has 1 aliphatic heterocycles. The summed E-state index contributed by atoms with van der Waals surface area (Å²) >= 11 is 0. The Hall–Kier alpha value is -0.980. The maximum atomic E-state index is 13.5. The number of hydrogen-bond donors (Lipinski definition) is 1. The van der Waals surface area contributed by atoms with E-state index in [0.29, 0.717) is 12.1 Å². The zero-order valence-corrected chi connectivity index (χ0v) is 11.0. The van der Waals surface area contributed by atoms with Crippen LogP contribution < -0.4 is 5.73 Å². The second-order valence-electron chi connectivity index (χ2n) is 4.81. The molecular weight excluding hydrogens is 255 g/mol. The van der Waals surface area contributed by atoms with E-state index in [9.17, 15) is 12.8 Å². The van der Waals surface area contributed by atoms with E-state index in [1.54, 1.807) is 25.2 Å². The topological polar surface area (TPSA) is 63.4 Å². The molecule has 6 heteroatoms. The maximum absolute atomic E-state index is 13.5. The second kappa shape index (κ2) is 4.95. The van der Waals surface area contributed by atoms with Crippen molar-refractivity contribution in [1.29, 1.82) is 0 Å². The molecule has 1 fully saturated rings. The highest BCUT2D eigenvalue weighted by Gasteiger charge is 2.37. The zero-order chi connectivity index (χ0) is 13.3. The largest absolute Gasteiger partial charge is 0.325 e. The molecule has 4 nitrogen and oxygen atoms in total. The van der Waals surface area contributed by atoms with Gasteiger partial charge in [-0.2, -0.15) is 0 Å². The molecule has 0 aromatic heterocycles. The average Bonchev–Trinajstić information content (AvgIpc) is 2.55. The highest BCUT2D eigenvalue weighted by molar-refractivity contribution is 7.91. The van der Waals surface area contributed by atoms with Crippen LogP contribution in [0.5, 0.6) is 0 Å². The van der Waals surface area contributed by atoms with Gasteiger partial charge in [0.1, 0.15) is 5.82 Å². The molecule has 0 bridgehead atoms. The summed E-state index contributed by atoms with van der Waals surface area (Å²) in [5.74, 6) is -0.211. The van der Waals surface area contributed by atoms with Crippen LogP contribution >= 0.6 is 0 Å². The highest BCUT2D eigenvalue weighted by atomic mass is 32.2. The first-order valence-electron chi connectivity index (χ1n) is 5.79. The molecule has 2 N–H and O–H groups in total. The van der Waals surface area contributed by atoms with E-state index >= 15 is 0 Å². The number of sulfone groups is 1. The van der Waals surface area contributed by atoms with Crippen LogP contribution in [-0.4, -0.2) is 44.0 Å². The van der Waals surface area contributed by atoms with Crippen LogP contribution in [-0.2, 0) is 16.4 Å². The van der Waals surface area contributed by atoms with E-state index in [-0.39, 0.29) is 23.4 Å². The number of halogens is 1. The minimum Gasteiger partial charge on any atom is -0.325 e. The van der Waals surface area contributed by atoms with Crippen LogP contribution in [0.3, 0.4) is 0 Å². The first-order chi connectivity index (χ1) is 8.39. The molecule has 0 aliphatic carbocycles. The van der Waals surface area contributed by atoms with Gasteiger partial charge < -0.3 is 5.73 Å². The molecule has 0 radical (unpaired) electrons. The van der Waals surface area contributed by atoms with Gasteiger partial charge in [-0.25, -0.2) is 12.8 Å². The molecule has 0 saturated carbocycles. The average molecular weight is 272 g/mol. The third-order valence-corrected chi connectivity index (χ3v) is 5.05. The molecule has 2 rings (SSSR count). The van der Waals surface area contributed by atoms with E-state index in [4.69, 9.17) is 5.73 Å². The van der Waals surface area contributed by atoms with Crippen LogP contribution in [0.2, 0.25) is 0 Å². The van der Waals surface area contributed by atoms with Gasteiger partial charge in [-0.1, -0.05) is 18.2 Å². The SMILES string of the molecule is CN(Cc1ccccc1F)C1CS(=O)(=O)CC1N. The smallest absolute Gasteiger partial charge is 0.153 e. The van der Waals surface area contributed by atoms with Crippen molar-refractivity contribution in [2.45, 2.75) is 18.6 Å². The molecule has 1 aliphatic rings. The van der Waals surface area contributed by atoms with Crippen LogP contribution in [0.4, 0.5) is 4.39 Å². The van der Waals surface area contributed by atoms with Crippen molar-refractivity contribution >= 4 is 9.84 Å². The molecule has 0 amide bonds. The Morgan fingerprint density at radius 1 is 1.39 bits per heavy atom. The fraction of sp³-hybridized carbons (Fsp3) is 0.500. The number of nitrogens with zero attached hydrogens (tertiary/aromatic N) is 1. The lowest BCUT2D eigenvalue weighted by molar-refractivity contribution is 0.233. The van der Waals surface area contributed by atoms with Crippen LogP contribution in [0.15, 0.2) is 24.3 Å². The van der Waals surface area contributed by atoms with Crippen molar-refractivity contribution in [3.05, 3.63) is 35.6 Å². The lowest BCUT2D eigenvalue weighted by Gasteiger charge is -2.26. The van der Waals surface area contributed by atoms with Gasteiger partial charge in [0.05, 0.1) is 11.5 Å². The van der Waals surface area contributed by atoms with E-state index in [2.05, 4.69) is 0 Å². The number of benzene rings is 1. The maximum Gasteiger partial charge on any atom is 0.153 e. The van der Waals surface area contributed by atoms with Gasteiger partial charge in [-0.05, 0) is 13.1 Å². The Morgan fingerprint density at radius 2 is 2.06 bits per heavy atom. The summed E-state index contributed by atoms with van der Waals surface area (Å²) in [7, 11) is -1.28. The summed E-state index contributed by atoms with van der Waals surface area (Å²) in [5.41, 5.74) is 6.38. The molecule has 0 spiro atoms. The van der Waals surface area contributed by atoms with Crippen LogP contribution in [0.1, 0.15) is 5.56 Å². The Morgan fingerprint density at radius 3 is 2.61 bits per heavy atom. The summed E-state index contributed by atoms with van der Waals surface area (Å²) in [4.78, 5) is 1.81. The minimum atomic E-state index is -3.05. The Balaban J connectivity index is 2.09. The summed E-state index contributed by atoms with van der Waals surface area (Å²) in [6.45, 7) is 0.362. The van der Waals surface area contributed by atoms with Crippen molar-refractivity contribution in [3.63, 3.8) is 0 Å². The van der Waals surface area contributed by atoms with Gasteiger partial charge in [0.2, 0.25) is 0 Å². The second-order valence-corrected chi connectivity index (χ2v) is 6.97. The predicted molar refractivity (Wildman–Crippen MR) is 68.3 cm³/mol. The minimum absolute atomic E-state index is 0.0132. The Labute approximate surface area is 107 Å². The third-order valence-electron chi connectivity index (χ3n) is 3.31. The number of hydrogen-bond acceptors (Lipinski definition) is 4. The molecule has 1 aromatic rings. The van der Waals surface area contributed by atoms with Crippen LogP contribution in [0.25, 0.3) is 0 Å². The molecule has 1 heterocycles. The van der Waals surface area contributed by atoms with Crippen LogP contribution in [0, 0.1) is 5.82 Å². The summed E-state index contributed by atoms with van der Waals surface area (Å²) < 4.78 is 36.5. The van der Waals surface area contributed by atoms with Gasteiger partial charge >= 0.3 is 0 Å². The fourth-order valence-corrected chi connectivity index (χ4v) is 4.29. The predicted octanol–water partition coefficient (Wildman–Crippen LogP) is 0.382. The standard InChI is InChI=1S/C12H17FN2O2S/c1-15(6-9-4-2-3-5-10(9)13)12-8-18(16,17)7-11(12)14/h2-5,11-12H,6-8,14H2,1H3. The van der Waals surface area contributed by atoms with E-state index in [1.165, 1.54) is 6.07 Å². The molecule has 1 aromatic carbocycles. The first kappa shape index (κ1) is 13.5. The molecule has 18 heavy (non-hydrogen) atoms. The van der Waals surface area contributed by atoms with Crippen molar-refractivity contribution in [3.8, 4) is 0 Å². The zero-order valence-electron chi connectivity index (χ0n) is 10.2. The van der Waals surface area contributed by atoms with E-state index < -0.39 is 15.9 Å². The van der Waals surface area contributed by atoms with Crippen molar-refractivity contribution < 1.29 is 12.8 Å². The highest BCUT2D eigenvalue weighted by Crippen LogP contribution is 2.18. The lowest BCUT2D eigenvalue weighted by Crippen LogP contribution is -2.44. The summed E-state index contributed by atoms with van der Waals surface area (Å²) in [6, 6.07) is 5.85. The summed E-state index contributed by atoms with van der Waals surface area (Å²) in [6.07, 6.45) is 0. The summed E-state index contributed by atoms with van der Waals surface area (Å²) in [5, 5.41) is 0. The first-order valence-corrected chi connectivity index (χ1v) is 7.61. The van der Waals surface area contributed by atoms with Gasteiger partial charge in [0, 0.05) is 24.2 Å². The van der Waals surface area contributed by atoms with Crippen molar-refractivity contribution in [2.24, 2.45) is 5.73 Å². The molecular formula is C12H17FN2O2S. The van der Waals surface area contributed by atoms with Gasteiger partial charge in [-0.3, -0.25) is 4.90 Å². The van der Waals surface area contributed by atoms with Crippen molar-refractivity contribution in [1.82, 2.24) is 4.90 Å². The van der Waals surface area contributed by atoms with Gasteiger partial charge in [0.15, 0.2) is 9.84 Å². The van der Waals surface area contributed by atoms with Crippen molar-refractivity contribution in [2.75, 3.05) is 18.6 Å².